The highest BCUT2D eigenvalue weighted by molar-refractivity contribution is 7.21. The normalized spacial score (nSPS) is 21.3. The Hall–Kier alpha value is -2.50. The number of nitrogens with zero attached hydrogens (tertiary/aromatic N) is 3. The first-order valence-electron chi connectivity index (χ1n) is 10.2. The number of aryl methyl sites for hydroxylation is 2. The standard InChI is InChI=1S/C21H24F3N5O2S/c1-10-3-4-14-16(5-10)32-19(28-14)17-11(2)26-20(25-9-21(22,23)24)29-18(17)27-13-6-12(8-30)15(31)7-13/h3-5,12-13,15,30-31H,6-9H2,1-2H3,(H2,25,26,27,29)/t12-,13-,15+/m1/s1. The van der Waals surface area contributed by atoms with Crippen molar-refractivity contribution < 1.29 is 23.4 Å². The molecule has 1 aliphatic rings. The van der Waals surface area contributed by atoms with Gasteiger partial charge in [-0.3, -0.25) is 0 Å². The number of thiazole rings is 1. The molecule has 1 saturated carbocycles. The van der Waals surface area contributed by atoms with Gasteiger partial charge in [0.1, 0.15) is 17.4 Å². The van der Waals surface area contributed by atoms with Gasteiger partial charge in [-0.1, -0.05) is 6.07 Å². The molecule has 4 rings (SSSR count). The average molecular weight is 468 g/mol. The zero-order chi connectivity index (χ0) is 23.0. The van der Waals surface area contributed by atoms with E-state index in [1.165, 1.54) is 11.3 Å². The molecule has 3 aromatic rings. The third-order valence-corrected chi connectivity index (χ3v) is 6.56. The molecule has 1 aliphatic carbocycles. The van der Waals surface area contributed by atoms with E-state index in [-0.39, 0.29) is 24.5 Å². The number of benzene rings is 1. The third-order valence-electron chi connectivity index (χ3n) is 5.53. The first kappa shape index (κ1) is 22.7. The van der Waals surface area contributed by atoms with E-state index in [0.717, 1.165) is 15.8 Å². The first-order chi connectivity index (χ1) is 15.1. The average Bonchev–Trinajstić information content (AvgIpc) is 3.27. The molecule has 7 nitrogen and oxygen atoms in total. The van der Waals surface area contributed by atoms with E-state index in [9.17, 15) is 23.4 Å². The molecule has 0 radical (unpaired) electrons. The number of hydrogen-bond donors (Lipinski definition) is 4. The predicted molar refractivity (Wildman–Crippen MR) is 118 cm³/mol. The first-order valence-corrected chi connectivity index (χ1v) is 11.1. The van der Waals surface area contributed by atoms with Crippen LogP contribution in [0, 0.1) is 19.8 Å². The molecule has 0 aliphatic heterocycles. The van der Waals surface area contributed by atoms with Gasteiger partial charge in [0.25, 0.3) is 0 Å². The van der Waals surface area contributed by atoms with Gasteiger partial charge in [0.15, 0.2) is 0 Å². The van der Waals surface area contributed by atoms with Gasteiger partial charge in [-0.15, -0.1) is 11.3 Å². The molecule has 3 atom stereocenters. The summed E-state index contributed by atoms with van der Waals surface area (Å²) in [5, 5.41) is 25.8. The molecule has 2 aromatic heterocycles. The van der Waals surface area contributed by atoms with Crippen LogP contribution in [0.4, 0.5) is 24.9 Å². The van der Waals surface area contributed by atoms with E-state index in [2.05, 4.69) is 25.6 Å². The van der Waals surface area contributed by atoms with Crippen LogP contribution in [0.3, 0.4) is 0 Å². The second kappa shape index (κ2) is 8.80. The van der Waals surface area contributed by atoms with Gasteiger partial charge < -0.3 is 20.8 Å². The Kier molecular flexibility index (Phi) is 6.24. The Morgan fingerprint density at radius 3 is 2.62 bits per heavy atom. The molecule has 0 spiro atoms. The number of aliphatic hydroxyl groups is 2. The number of aromatic nitrogens is 3. The minimum Gasteiger partial charge on any atom is -0.396 e. The molecule has 172 valence electrons. The van der Waals surface area contributed by atoms with E-state index >= 15 is 0 Å². The highest BCUT2D eigenvalue weighted by Crippen LogP contribution is 2.38. The lowest BCUT2D eigenvalue weighted by atomic mass is 10.1. The van der Waals surface area contributed by atoms with Crippen LogP contribution < -0.4 is 10.6 Å². The largest absolute Gasteiger partial charge is 0.405 e. The molecule has 4 N–H and O–H groups in total. The van der Waals surface area contributed by atoms with Gasteiger partial charge in [0.2, 0.25) is 5.95 Å². The summed E-state index contributed by atoms with van der Waals surface area (Å²) in [5.41, 5.74) is 3.01. The molecule has 1 aromatic carbocycles. The fourth-order valence-corrected chi connectivity index (χ4v) is 5.10. The number of alkyl halides is 3. The number of nitrogens with one attached hydrogen (secondary N) is 2. The lowest BCUT2D eigenvalue weighted by molar-refractivity contribution is -0.115. The number of fused-ring (bicyclic) bond motifs is 1. The van der Waals surface area contributed by atoms with Crippen LogP contribution in [0.2, 0.25) is 0 Å². The van der Waals surface area contributed by atoms with Gasteiger partial charge >= 0.3 is 6.18 Å². The Morgan fingerprint density at radius 2 is 1.94 bits per heavy atom. The van der Waals surface area contributed by atoms with Crippen molar-refractivity contribution in [2.45, 2.75) is 45.0 Å². The summed E-state index contributed by atoms with van der Waals surface area (Å²) in [6.07, 6.45) is -4.14. The molecule has 0 unspecified atom stereocenters. The molecule has 0 amide bonds. The summed E-state index contributed by atoms with van der Waals surface area (Å²) >= 11 is 1.46. The topological polar surface area (TPSA) is 103 Å². The third kappa shape index (κ3) is 4.94. The summed E-state index contributed by atoms with van der Waals surface area (Å²) in [7, 11) is 0. The van der Waals surface area contributed by atoms with Gasteiger partial charge in [0, 0.05) is 18.6 Å². The molecule has 2 heterocycles. The van der Waals surface area contributed by atoms with Crippen molar-refractivity contribution in [2.75, 3.05) is 23.8 Å². The Balaban J connectivity index is 1.73. The Bertz CT molecular complexity index is 1120. The lowest BCUT2D eigenvalue weighted by Crippen LogP contribution is -2.24. The van der Waals surface area contributed by atoms with Crippen molar-refractivity contribution in [3.8, 4) is 10.6 Å². The molecule has 1 fully saturated rings. The summed E-state index contributed by atoms with van der Waals surface area (Å²) in [5.74, 6) is -0.0406. The zero-order valence-corrected chi connectivity index (χ0v) is 18.4. The second-order valence-electron chi connectivity index (χ2n) is 8.14. The van der Waals surface area contributed by atoms with Crippen LogP contribution in [0.5, 0.6) is 0 Å². The van der Waals surface area contributed by atoms with Gasteiger partial charge in [-0.25, -0.2) is 9.97 Å². The van der Waals surface area contributed by atoms with Gasteiger partial charge in [0.05, 0.1) is 27.6 Å². The van der Waals surface area contributed by atoms with Gasteiger partial charge in [-0.05, 0) is 44.4 Å². The summed E-state index contributed by atoms with van der Waals surface area (Å²) in [4.78, 5) is 13.3. The Labute approximate surface area is 186 Å². The van der Waals surface area contributed by atoms with E-state index in [1.54, 1.807) is 6.92 Å². The van der Waals surface area contributed by atoms with E-state index in [1.807, 2.05) is 25.1 Å². The quantitative estimate of drug-likeness (QED) is 0.436. The summed E-state index contributed by atoms with van der Waals surface area (Å²) < 4.78 is 39.1. The minimum absolute atomic E-state index is 0.134. The maximum absolute atomic E-state index is 12.7. The molecular weight excluding hydrogens is 443 g/mol. The van der Waals surface area contributed by atoms with E-state index in [0.29, 0.717) is 34.9 Å². The summed E-state index contributed by atoms with van der Waals surface area (Å²) in [6.45, 7) is 2.31. The second-order valence-corrected chi connectivity index (χ2v) is 9.17. The Morgan fingerprint density at radius 1 is 1.16 bits per heavy atom. The molecular formula is C21H24F3N5O2S. The molecule has 0 bridgehead atoms. The monoisotopic (exact) mass is 467 g/mol. The van der Waals surface area contributed by atoms with Crippen LogP contribution >= 0.6 is 11.3 Å². The number of halogens is 3. The molecule has 0 saturated heterocycles. The van der Waals surface area contributed by atoms with Crippen LogP contribution in [0.15, 0.2) is 18.2 Å². The number of rotatable bonds is 6. The van der Waals surface area contributed by atoms with Crippen molar-refractivity contribution in [1.29, 1.82) is 0 Å². The highest BCUT2D eigenvalue weighted by Gasteiger charge is 2.34. The van der Waals surface area contributed by atoms with Crippen LogP contribution in [-0.4, -0.2) is 56.6 Å². The minimum atomic E-state index is -4.40. The van der Waals surface area contributed by atoms with E-state index in [4.69, 9.17) is 0 Å². The molecule has 11 heteroatoms. The predicted octanol–water partition coefficient (Wildman–Crippen LogP) is 3.89. The number of hydrogen-bond acceptors (Lipinski definition) is 8. The van der Waals surface area contributed by atoms with Crippen molar-refractivity contribution in [3.05, 3.63) is 29.5 Å². The van der Waals surface area contributed by atoms with Crippen LogP contribution in [0.25, 0.3) is 20.8 Å². The number of aliphatic hydroxyl groups excluding tert-OH is 2. The van der Waals surface area contributed by atoms with Crippen molar-refractivity contribution in [2.24, 2.45) is 5.92 Å². The summed E-state index contributed by atoms with van der Waals surface area (Å²) in [6, 6.07) is 5.72. The fraction of sp³-hybridized carbons (Fsp3) is 0.476. The van der Waals surface area contributed by atoms with Crippen LogP contribution in [0.1, 0.15) is 24.1 Å². The van der Waals surface area contributed by atoms with Crippen molar-refractivity contribution in [3.63, 3.8) is 0 Å². The molecule has 32 heavy (non-hydrogen) atoms. The lowest BCUT2D eigenvalue weighted by Gasteiger charge is -2.18. The van der Waals surface area contributed by atoms with Gasteiger partial charge in [-0.2, -0.15) is 18.2 Å². The smallest absolute Gasteiger partial charge is 0.396 e. The van der Waals surface area contributed by atoms with Crippen molar-refractivity contribution >= 4 is 33.3 Å². The maximum atomic E-state index is 12.7. The number of anilines is 2. The van der Waals surface area contributed by atoms with E-state index < -0.39 is 18.8 Å². The SMILES string of the molecule is Cc1ccc2nc(-c3c(C)nc(NCC(F)(F)F)nc3N[C@@H]3C[C@H](CO)[C@@H](O)C3)sc2c1. The highest BCUT2D eigenvalue weighted by atomic mass is 32.1. The zero-order valence-electron chi connectivity index (χ0n) is 17.6. The van der Waals surface area contributed by atoms with Crippen molar-refractivity contribution in [1.82, 2.24) is 15.0 Å². The maximum Gasteiger partial charge on any atom is 0.405 e. The van der Waals surface area contributed by atoms with Crippen LogP contribution in [-0.2, 0) is 0 Å². The fourth-order valence-electron chi connectivity index (χ4n) is 3.94.